The van der Waals surface area contributed by atoms with E-state index in [-0.39, 0.29) is 18.4 Å². The number of fused-ring (bicyclic) bond motifs is 1. The number of nitrogens with zero attached hydrogens (tertiary/aromatic N) is 1. The first-order chi connectivity index (χ1) is 12.5. The second-order valence-electron chi connectivity index (χ2n) is 6.58. The van der Waals surface area contributed by atoms with Crippen molar-refractivity contribution in [1.29, 1.82) is 0 Å². The van der Waals surface area contributed by atoms with Gasteiger partial charge in [0.1, 0.15) is 11.5 Å². The molecule has 3 rings (SSSR count). The van der Waals surface area contributed by atoms with Crippen molar-refractivity contribution < 1.29 is 14.0 Å². The predicted molar refractivity (Wildman–Crippen MR) is 101 cm³/mol. The summed E-state index contributed by atoms with van der Waals surface area (Å²) in [6.07, 6.45) is 2.24. The van der Waals surface area contributed by atoms with E-state index in [0.29, 0.717) is 23.6 Å². The van der Waals surface area contributed by atoms with E-state index in [0.717, 1.165) is 25.9 Å². The van der Waals surface area contributed by atoms with Gasteiger partial charge >= 0.3 is 0 Å². The van der Waals surface area contributed by atoms with E-state index in [9.17, 15) is 9.59 Å². The number of furan rings is 1. The summed E-state index contributed by atoms with van der Waals surface area (Å²) in [5, 5.41) is 5.50. The van der Waals surface area contributed by atoms with Gasteiger partial charge in [-0.15, -0.1) is 0 Å². The number of anilines is 1. The number of rotatable bonds is 6. The fourth-order valence-electron chi connectivity index (χ4n) is 3.35. The maximum Gasteiger partial charge on any atom is 0.255 e. The van der Waals surface area contributed by atoms with E-state index in [1.54, 1.807) is 19.9 Å². The Bertz CT molecular complexity index is 797. The fourth-order valence-corrected chi connectivity index (χ4v) is 3.35. The molecule has 6 nitrogen and oxygen atoms in total. The zero-order valence-corrected chi connectivity index (χ0v) is 15.3. The molecule has 138 valence electrons. The van der Waals surface area contributed by atoms with Crippen LogP contribution in [0.1, 0.15) is 33.9 Å². The van der Waals surface area contributed by atoms with Gasteiger partial charge in [-0.05, 0) is 44.4 Å². The van der Waals surface area contributed by atoms with Gasteiger partial charge in [-0.25, -0.2) is 0 Å². The molecule has 2 aromatic rings. The van der Waals surface area contributed by atoms with Crippen molar-refractivity contribution in [2.45, 2.75) is 26.7 Å². The number of amides is 2. The molecule has 0 unspecified atom stereocenters. The van der Waals surface area contributed by atoms with E-state index in [4.69, 9.17) is 4.42 Å². The Morgan fingerprint density at radius 2 is 2.00 bits per heavy atom. The second-order valence-corrected chi connectivity index (χ2v) is 6.58. The number of hydrogen-bond acceptors (Lipinski definition) is 4. The minimum atomic E-state index is -0.292. The van der Waals surface area contributed by atoms with Crippen LogP contribution >= 0.6 is 0 Å². The van der Waals surface area contributed by atoms with Gasteiger partial charge in [0.25, 0.3) is 5.91 Å². The van der Waals surface area contributed by atoms with E-state index in [1.807, 2.05) is 6.07 Å². The van der Waals surface area contributed by atoms with Gasteiger partial charge in [0.2, 0.25) is 5.91 Å². The summed E-state index contributed by atoms with van der Waals surface area (Å²) in [4.78, 5) is 26.4. The van der Waals surface area contributed by atoms with E-state index < -0.39 is 0 Å². The molecule has 2 heterocycles. The third kappa shape index (κ3) is 4.25. The highest BCUT2D eigenvalue weighted by molar-refractivity contribution is 5.97. The lowest BCUT2D eigenvalue weighted by atomic mass is 10.0. The monoisotopic (exact) mass is 355 g/mol. The number of aryl methyl sites for hydroxylation is 3. The van der Waals surface area contributed by atoms with Gasteiger partial charge in [0.05, 0.1) is 12.1 Å². The third-order valence-corrected chi connectivity index (χ3v) is 4.61. The molecule has 0 spiro atoms. The highest BCUT2D eigenvalue weighted by Crippen LogP contribution is 2.25. The summed E-state index contributed by atoms with van der Waals surface area (Å²) in [7, 11) is 0. The Hall–Kier alpha value is -2.76. The standard InChI is InChI=1S/C20H25N3O3/c1-14-12-17(15(2)26-14)20(25)22-13-19(24)21-9-11-23-10-5-7-16-6-3-4-8-18(16)23/h3-4,6,8,12H,5,7,9-11,13H2,1-2H3,(H,21,24)(H,22,25). The summed E-state index contributed by atoms with van der Waals surface area (Å²) in [6.45, 7) is 5.79. The van der Waals surface area contributed by atoms with Gasteiger partial charge in [-0.2, -0.15) is 0 Å². The maximum atomic E-state index is 12.1. The van der Waals surface area contributed by atoms with Crippen LogP contribution in [-0.2, 0) is 11.2 Å². The molecule has 0 atom stereocenters. The number of para-hydroxylation sites is 1. The largest absolute Gasteiger partial charge is 0.466 e. The van der Waals surface area contributed by atoms with Crippen LogP contribution in [0.3, 0.4) is 0 Å². The van der Waals surface area contributed by atoms with Crippen LogP contribution in [0.5, 0.6) is 0 Å². The van der Waals surface area contributed by atoms with E-state index >= 15 is 0 Å². The topological polar surface area (TPSA) is 74.6 Å². The lowest BCUT2D eigenvalue weighted by Crippen LogP contribution is -2.41. The van der Waals surface area contributed by atoms with Gasteiger partial charge in [-0.3, -0.25) is 9.59 Å². The maximum absolute atomic E-state index is 12.1. The summed E-state index contributed by atoms with van der Waals surface area (Å²) in [5.74, 6) is 0.754. The number of carbonyl (C=O) groups is 2. The molecule has 26 heavy (non-hydrogen) atoms. The zero-order chi connectivity index (χ0) is 18.5. The Morgan fingerprint density at radius 1 is 1.19 bits per heavy atom. The second kappa shape index (κ2) is 8.08. The minimum Gasteiger partial charge on any atom is -0.466 e. The van der Waals surface area contributed by atoms with Crippen LogP contribution in [0.2, 0.25) is 0 Å². The molecule has 1 aliphatic heterocycles. The smallest absolute Gasteiger partial charge is 0.255 e. The summed E-state index contributed by atoms with van der Waals surface area (Å²) in [5.41, 5.74) is 3.09. The number of carbonyl (C=O) groups excluding carboxylic acids is 2. The average molecular weight is 355 g/mol. The lowest BCUT2D eigenvalue weighted by Gasteiger charge is -2.31. The molecule has 1 aromatic heterocycles. The predicted octanol–water partition coefficient (Wildman–Crippen LogP) is 2.20. The van der Waals surface area contributed by atoms with Crippen molar-refractivity contribution in [3.63, 3.8) is 0 Å². The van der Waals surface area contributed by atoms with E-state index in [2.05, 4.69) is 33.7 Å². The molecular formula is C20H25N3O3. The summed E-state index contributed by atoms with van der Waals surface area (Å²) >= 11 is 0. The van der Waals surface area contributed by atoms with Crippen LogP contribution in [0.15, 0.2) is 34.7 Å². The molecule has 0 saturated heterocycles. The van der Waals surface area contributed by atoms with Crippen LogP contribution in [0, 0.1) is 13.8 Å². The highest BCUT2D eigenvalue weighted by atomic mass is 16.3. The van der Waals surface area contributed by atoms with E-state index in [1.165, 1.54) is 11.3 Å². The third-order valence-electron chi connectivity index (χ3n) is 4.61. The molecule has 0 saturated carbocycles. The van der Waals surface area contributed by atoms with Crippen molar-refractivity contribution >= 4 is 17.5 Å². The van der Waals surface area contributed by atoms with Crippen molar-refractivity contribution in [3.8, 4) is 0 Å². The molecule has 0 radical (unpaired) electrons. The van der Waals surface area contributed by atoms with Gasteiger partial charge < -0.3 is 20.0 Å². The molecule has 2 N–H and O–H groups in total. The normalized spacial score (nSPS) is 13.2. The Morgan fingerprint density at radius 3 is 2.77 bits per heavy atom. The Balaban J connectivity index is 1.42. The molecule has 2 amide bonds. The fraction of sp³-hybridized carbons (Fsp3) is 0.400. The molecule has 1 aromatic carbocycles. The van der Waals surface area contributed by atoms with Crippen molar-refractivity contribution in [1.82, 2.24) is 10.6 Å². The van der Waals surface area contributed by atoms with Crippen molar-refractivity contribution in [2.75, 3.05) is 31.1 Å². The first-order valence-corrected chi connectivity index (χ1v) is 8.99. The first-order valence-electron chi connectivity index (χ1n) is 8.99. The number of hydrogen-bond donors (Lipinski definition) is 2. The molecule has 6 heteroatoms. The van der Waals surface area contributed by atoms with Crippen LogP contribution in [0.25, 0.3) is 0 Å². The highest BCUT2D eigenvalue weighted by Gasteiger charge is 2.17. The number of benzene rings is 1. The lowest BCUT2D eigenvalue weighted by molar-refractivity contribution is -0.120. The van der Waals surface area contributed by atoms with Crippen molar-refractivity contribution in [3.05, 3.63) is 53.0 Å². The Labute approximate surface area is 153 Å². The molecular weight excluding hydrogens is 330 g/mol. The molecule has 0 fully saturated rings. The van der Waals surface area contributed by atoms with Crippen LogP contribution < -0.4 is 15.5 Å². The average Bonchev–Trinajstić information content (AvgIpc) is 2.98. The molecule has 0 bridgehead atoms. The summed E-state index contributed by atoms with van der Waals surface area (Å²) < 4.78 is 5.34. The zero-order valence-electron chi connectivity index (χ0n) is 15.3. The molecule has 0 aliphatic carbocycles. The van der Waals surface area contributed by atoms with Gasteiger partial charge in [0, 0.05) is 25.3 Å². The van der Waals surface area contributed by atoms with Crippen LogP contribution in [0.4, 0.5) is 5.69 Å². The minimum absolute atomic E-state index is 0.0426. The quantitative estimate of drug-likeness (QED) is 0.833. The van der Waals surface area contributed by atoms with Gasteiger partial charge in [-0.1, -0.05) is 18.2 Å². The molecule has 1 aliphatic rings. The number of nitrogens with one attached hydrogen (secondary N) is 2. The summed E-state index contributed by atoms with van der Waals surface area (Å²) in [6, 6.07) is 10.1. The van der Waals surface area contributed by atoms with Crippen molar-refractivity contribution in [2.24, 2.45) is 0 Å². The first kappa shape index (κ1) is 18.0. The van der Waals surface area contributed by atoms with Crippen LogP contribution in [-0.4, -0.2) is 38.0 Å². The SMILES string of the molecule is Cc1cc(C(=O)NCC(=O)NCCN2CCCc3ccccc32)c(C)o1. The van der Waals surface area contributed by atoms with Gasteiger partial charge in [0.15, 0.2) is 0 Å². The Kier molecular flexibility index (Phi) is 5.61.